The molecule has 23 heavy (non-hydrogen) atoms. The highest BCUT2D eigenvalue weighted by atomic mass is 32.2. The van der Waals surface area contributed by atoms with E-state index >= 15 is 0 Å². The van der Waals surface area contributed by atoms with Crippen LogP contribution in [0.4, 0.5) is 5.69 Å². The first-order valence-electron chi connectivity index (χ1n) is 6.83. The summed E-state index contributed by atoms with van der Waals surface area (Å²) in [6.45, 7) is 3.80. The van der Waals surface area contributed by atoms with Gasteiger partial charge < -0.3 is 9.47 Å². The third-order valence-electron chi connectivity index (χ3n) is 2.58. The van der Waals surface area contributed by atoms with Gasteiger partial charge in [0.25, 0.3) is 0 Å². The van der Waals surface area contributed by atoms with Crippen molar-refractivity contribution in [1.82, 2.24) is 5.32 Å². The van der Waals surface area contributed by atoms with E-state index in [1.807, 2.05) is 0 Å². The van der Waals surface area contributed by atoms with Gasteiger partial charge in [-0.2, -0.15) is 5.26 Å². The summed E-state index contributed by atoms with van der Waals surface area (Å²) < 4.78 is 9.90. The second-order valence-corrected chi connectivity index (χ2v) is 4.83. The van der Waals surface area contributed by atoms with Crippen LogP contribution in [0.25, 0.3) is 0 Å². The third kappa shape index (κ3) is 5.30. The number of carbonyl (C=O) groups excluding carboxylic acids is 2. The molecule has 0 aliphatic heterocycles. The lowest BCUT2D eigenvalue weighted by atomic mass is 10.1. The predicted octanol–water partition coefficient (Wildman–Crippen LogP) is 2.46. The first-order chi connectivity index (χ1) is 11.1. The van der Waals surface area contributed by atoms with Crippen LogP contribution in [-0.2, 0) is 9.47 Å². The van der Waals surface area contributed by atoms with Crippen LogP contribution in [0.3, 0.4) is 0 Å². The summed E-state index contributed by atoms with van der Waals surface area (Å²) in [4.78, 5) is 28.1. The van der Waals surface area contributed by atoms with Gasteiger partial charge in [0.05, 0.1) is 30.0 Å². The lowest BCUT2D eigenvalue weighted by Gasteiger charge is -2.09. The van der Waals surface area contributed by atoms with Gasteiger partial charge in [-0.1, -0.05) is 11.8 Å². The second-order valence-electron chi connectivity index (χ2n) is 4.03. The number of thioether (sulfide) groups is 1. The number of hydrogen-bond donors (Lipinski definition) is 1. The molecule has 0 aromatic heterocycles. The van der Waals surface area contributed by atoms with Crippen LogP contribution in [0, 0.1) is 11.5 Å². The van der Waals surface area contributed by atoms with Gasteiger partial charge in [0.1, 0.15) is 0 Å². The van der Waals surface area contributed by atoms with Crippen LogP contribution in [0.1, 0.15) is 34.6 Å². The average Bonchev–Trinajstić information content (AvgIpc) is 2.55. The number of rotatable bonds is 5. The fraction of sp³-hybridized carbons (Fsp3) is 0.333. The van der Waals surface area contributed by atoms with Gasteiger partial charge in [-0.3, -0.25) is 5.32 Å². The third-order valence-corrected chi connectivity index (χ3v) is 3.16. The Morgan fingerprint density at radius 1 is 1.26 bits per heavy atom. The van der Waals surface area contributed by atoms with E-state index in [4.69, 9.17) is 14.7 Å². The van der Waals surface area contributed by atoms with E-state index in [-0.39, 0.29) is 24.3 Å². The first-order valence-corrected chi connectivity index (χ1v) is 8.05. The van der Waals surface area contributed by atoms with Crippen molar-refractivity contribution in [2.75, 3.05) is 19.5 Å². The molecule has 1 rings (SSSR count). The summed E-state index contributed by atoms with van der Waals surface area (Å²) in [5, 5.41) is 11.4. The number of nitriles is 1. The molecule has 0 saturated carbocycles. The number of carbonyl (C=O) groups is 2. The highest BCUT2D eigenvalue weighted by molar-refractivity contribution is 8.13. The van der Waals surface area contributed by atoms with Gasteiger partial charge in [0, 0.05) is 0 Å². The molecule has 0 heterocycles. The van der Waals surface area contributed by atoms with Crippen LogP contribution < -0.4 is 5.32 Å². The van der Waals surface area contributed by atoms with E-state index in [1.165, 1.54) is 30.0 Å². The fourth-order valence-electron chi connectivity index (χ4n) is 1.63. The van der Waals surface area contributed by atoms with Crippen LogP contribution >= 0.6 is 11.8 Å². The summed E-state index contributed by atoms with van der Waals surface area (Å²) in [5.74, 6) is -1.14. The van der Waals surface area contributed by atoms with Gasteiger partial charge in [-0.05, 0) is 38.3 Å². The summed E-state index contributed by atoms with van der Waals surface area (Å²) in [7, 11) is 0. The number of amidine groups is 1. The minimum atomic E-state index is -0.602. The van der Waals surface area contributed by atoms with Crippen molar-refractivity contribution >= 4 is 34.6 Å². The van der Waals surface area contributed by atoms with E-state index in [2.05, 4.69) is 10.3 Å². The maximum Gasteiger partial charge on any atom is 0.340 e. The maximum absolute atomic E-state index is 12.1. The van der Waals surface area contributed by atoms with Crippen molar-refractivity contribution < 1.29 is 19.1 Å². The van der Waals surface area contributed by atoms with E-state index in [1.54, 1.807) is 26.3 Å². The Labute approximate surface area is 138 Å². The molecule has 122 valence electrons. The van der Waals surface area contributed by atoms with Gasteiger partial charge in [0.15, 0.2) is 11.4 Å². The minimum Gasteiger partial charge on any atom is -0.462 e. The molecular formula is C15H17N3O4S. The van der Waals surface area contributed by atoms with Gasteiger partial charge in [-0.15, -0.1) is 0 Å². The Hall–Kier alpha value is -2.53. The Balaban J connectivity index is 3.31. The number of benzene rings is 1. The lowest BCUT2D eigenvalue weighted by Crippen LogP contribution is -2.14. The topological polar surface area (TPSA) is 101 Å². The number of esters is 2. The molecule has 0 radical (unpaired) electrons. The smallest absolute Gasteiger partial charge is 0.340 e. The standard InChI is InChI=1S/C15H17N3O4S/c1-4-21-13(19)10-6-7-12(18-15(23-3)17-9-16)11(8-10)14(20)22-5-2/h6-8H,4-5H2,1-3H3,(H,17,18). The molecule has 0 saturated heterocycles. The largest absolute Gasteiger partial charge is 0.462 e. The SMILES string of the molecule is CCOC(=O)c1ccc(N=C(NC#N)SC)c(C(=O)OCC)c1. The molecule has 0 unspecified atom stereocenters. The lowest BCUT2D eigenvalue weighted by molar-refractivity contribution is 0.0526. The summed E-state index contributed by atoms with van der Waals surface area (Å²) >= 11 is 1.21. The van der Waals surface area contributed by atoms with E-state index in [0.29, 0.717) is 10.9 Å². The zero-order chi connectivity index (χ0) is 17.2. The van der Waals surface area contributed by atoms with Crippen molar-refractivity contribution in [3.63, 3.8) is 0 Å². The van der Waals surface area contributed by atoms with E-state index in [9.17, 15) is 9.59 Å². The molecule has 0 bridgehead atoms. The minimum absolute atomic E-state index is 0.128. The van der Waals surface area contributed by atoms with Crippen LogP contribution in [0.2, 0.25) is 0 Å². The quantitative estimate of drug-likeness (QED) is 0.290. The zero-order valence-corrected chi connectivity index (χ0v) is 13.9. The molecule has 7 nitrogen and oxygen atoms in total. The molecule has 1 aromatic rings. The van der Waals surface area contributed by atoms with Crippen molar-refractivity contribution in [3.05, 3.63) is 29.3 Å². The first kappa shape index (κ1) is 18.5. The Morgan fingerprint density at radius 3 is 2.48 bits per heavy atom. The van der Waals surface area contributed by atoms with Crippen LogP contribution in [0.15, 0.2) is 23.2 Å². The molecule has 0 aliphatic rings. The number of ether oxygens (including phenoxy) is 2. The zero-order valence-electron chi connectivity index (χ0n) is 13.1. The number of aliphatic imine (C=N–C) groups is 1. The second kappa shape index (κ2) is 9.48. The Kier molecular flexibility index (Phi) is 7.63. The Morgan fingerprint density at radius 2 is 1.91 bits per heavy atom. The molecule has 0 aliphatic carbocycles. The average molecular weight is 335 g/mol. The van der Waals surface area contributed by atoms with E-state index in [0.717, 1.165) is 0 Å². The molecule has 1 aromatic carbocycles. The van der Waals surface area contributed by atoms with Gasteiger partial charge >= 0.3 is 11.9 Å². The highest BCUT2D eigenvalue weighted by Gasteiger charge is 2.17. The molecule has 8 heteroatoms. The maximum atomic E-state index is 12.1. The van der Waals surface area contributed by atoms with Gasteiger partial charge in [-0.25, -0.2) is 14.6 Å². The molecular weight excluding hydrogens is 318 g/mol. The molecule has 1 N–H and O–H groups in total. The van der Waals surface area contributed by atoms with Crippen molar-refractivity contribution in [2.24, 2.45) is 4.99 Å². The predicted molar refractivity (Wildman–Crippen MR) is 87.7 cm³/mol. The molecule has 0 atom stereocenters. The molecule has 0 spiro atoms. The van der Waals surface area contributed by atoms with Crippen molar-refractivity contribution in [3.8, 4) is 6.19 Å². The Bertz CT molecular complexity index is 653. The molecule has 0 fully saturated rings. The number of nitrogens with zero attached hydrogens (tertiary/aromatic N) is 2. The van der Waals surface area contributed by atoms with Gasteiger partial charge in [0.2, 0.25) is 0 Å². The monoisotopic (exact) mass is 335 g/mol. The number of nitrogens with one attached hydrogen (secondary N) is 1. The van der Waals surface area contributed by atoms with E-state index < -0.39 is 11.9 Å². The van der Waals surface area contributed by atoms with Crippen LogP contribution in [0.5, 0.6) is 0 Å². The normalized spacial score (nSPS) is 10.6. The summed E-state index contributed by atoms with van der Waals surface area (Å²) in [6.07, 6.45) is 3.50. The van der Waals surface area contributed by atoms with Crippen molar-refractivity contribution in [2.45, 2.75) is 13.8 Å². The van der Waals surface area contributed by atoms with Crippen molar-refractivity contribution in [1.29, 1.82) is 5.26 Å². The highest BCUT2D eigenvalue weighted by Crippen LogP contribution is 2.23. The summed E-state index contributed by atoms with van der Waals surface area (Å²) in [6, 6.07) is 4.39. The fourth-order valence-corrected chi connectivity index (χ4v) is 1.97. The van der Waals surface area contributed by atoms with Crippen LogP contribution in [-0.4, -0.2) is 36.6 Å². The summed E-state index contributed by atoms with van der Waals surface area (Å²) in [5.41, 5.74) is 0.653. The number of hydrogen-bond acceptors (Lipinski definition) is 7. The molecule has 0 amide bonds.